The van der Waals surface area contributed by atoms with E-state index in [-0.39, 0.29) is 24.3 Å². The summed E-state index contributed by atoms with van der Waals surface area (Å²) in [6, 6.07) is 12.6. The minimum absolute atomic E-state index is 0.00877. The molecule has 0 aliphatic rings. The summed E-state index contributed by atoms with van der Waals surface area (Å²) >= 11 is 0. The van der Waals surface area contributed by atoms with E-state index < -0.39 is 28.0 Å². The molecule has 0 aromatic heterocycles. The number of nitriles is 1. The van der Waals surface area contributed by atoms with E-state index in [2.05, 4.69) is 4.18 Å². The van der Waals surface area contributed by atoms with Gasteiger partial charge in [-0.25, -0.2) is 0 Å². The first-order valence-electron chi connectivity index (χ1n) is 7.77. The van der Waals surface area contributed by atoms with Crippen molar-refractivity contribution in [3.8, 4) is 11.8 Å². The van der Waals surface area contributed by atoms with Gasteiger partial charge >= 0.3 is 6.18 Å². The summed E-state index contributed by atoms with van der Waals surface area (Å²) in [5.41, 5.74) is -0.310. The molecular formula is C18H16F3NO4S. The Balaban J connectivity index is 2.30. The summed E-state index contributed by atoms with van der Waals surface area (Å²) in [4.78, 5) is 0. The lowest BCUT2D eigenvalue weighted by Gasteiger charge is -2.20. The fourth-order valence-corrected chi connectivity index (χ4v) is 2.72. The van der Waals surface area contributed by atoms with Gasteiger partial charge in [-0.1, -0.05) is 18.2 Å². The number of benzene rings is 2. The summed E-state index contributed by atoms with van der Waals surface area (Å²) in [7, 11) is -3.70. The van der Waals surface area contributed by atoms with E-state index in [1.165, 1.54) is 18.2 Å². The van der Waals surface area contributed by atoms with Crippen LogP contribution in [-0.2, 0) is 20.5 Å². The Morgan fingerprint density at radius 2 is 1.85 bits per heavy atom. The van der Waals surface area contributed by atoms with Gasteiger partial charge in [0.05, 0.1) is 30.1 Å². The van der Waals surface area contributed by atoms with E-state index in [0.717, 1.165) is 18.4 Å². The summed E-state index contributed by atoms with van der Waals surface area (Å²) < 4.78 is 71.6. The van der Waals surface area contributed by atoms with Crippen molar-refractivity contribution in [1.82, 2.24) is 0 Å². The molecule has 1 atom stereocenters. The van der Waals surface area contributed by atoms with Crippen molar-refractivity contribution in [2.75, 3.05) is 12.9 Å². The lowest BCUT2D eigenvalue weighted by Crippen LogP contribution is -2.14. The Bertz CT molecular complexity index is 936. The van der Waals surface area contributed by atoms with E-state index in [4.69, 9.17) is 10.00 Å². The maximum atomic E-state index is 13.0. The molecule has 0 spiro atoms. The Morgan fingerprint density at radius 3 is 2.48 bits per heavy atom. The van der Waals surface area contributed by atoms with Crippen molar-refractivity contribution >= 4 is 10.1 Å². The number of ether oxygens (including phenoxy) is 1. The second kappa shape index (κ2) is 8.41. The molecular weight excluding hydrogens is 383 g/mol. The van der Waals surface area contributed by atoms with Crippen LogP contribution < -0.4 is 4.74 Å². The molecule has 2 aromatic rings. The number of hydrogen-bond donors (Lipinski definition) is 0. The third kappa shape index (κ3) is 6.58. The van der Waals surface area contributed by atoms with Crippen molar-refractivity contribution < 1.29 is 30.5 Å². The van der Waals surface area contributed by atoms with Crippen LogP contribution in [-0.4, -0.2) is 21.3 Å². The van der Waals surface area contributed by atoms with Gasteiger partial charge in [-0.15, -0.1) is 0 Å². The van der Waals surface area contributed by atoms with Crippen LogP contribution in [0.15, 0.2) is 48.5 Å². The molecule has 0 radical (unpaired) electrons. The third-order valence-electron chi connectivity index (χ3n) is 3.50. The molecule has 27 heavy (non-hydrogen) atoms. The van der Waals surface area contributed by atoms with Crippen molar-refractivity contribution in [2.45, 2.75) is 18.7 Å². The van der Waals surface area contributed by atoms with E-state index >= 15 is 0 Å². The van der Waals surface area contributed by atoms with Crippen LogP contribution in [0.2, 0.25) is 0 Å². The molecule has 144 valence electrons. The van der Waals surface area contributed by atoms with Gasteiger partial charge in [-0.2, -0.15) is 26.9 Å². The quantitative estimate of drug-likeness (QED) is 0.656. The molecule has 2 rings (SSSR count). The van der Waals surface area contributed by atoms with Crippen LogP contribution in [0, 0.1) is 11.3 Å². The van der Waals surface area contributed by atoms with Gasteiger partial charge in [0.1, 0.15) is 11.9 Å². The van der Waals surface area contributed by atoms with E-state index in [1.54, 1.807) is 18.2 Å². The van der Waals surface area contributed by atoms with Crippen LogP contribution in [0.25, 0.3) is 0 Å². The maximum Gasteiger partial charge on any atom is 0.416 e. The van der Waals surface area contributed by atoms with Crippen LogP contribution in [0.3, 0.4) is 0 Å². The zero-order valence-electron chi connectivity index (χ0n) is 14.2. The lowest BCUT2D eigenvalue weighted by atomic mass is 10.0. The predicted molar refractivity (Wildman–Crippen MR) is 91.4 cm³/mol. The molecule has 0 saturated heterocycles. The Labute approximate surface area is 155 Å². The second-order valence-electron chi connectivity index (χ2n) is 5.68. The van der Waals surface area contributed by atoms with Crippen LogP contribution in [0.5, 0.6) is 5.75 Å². The molecule has 0 aliphatic heterocycles. The van der Waals surface area contributed by atoms with Gasteiger partial charge in [0.15, 0.2) is 0 Å². The number of alkyl halides is 3. The second-order valence-corrected chi connectivity index (χ2v) is 7.33. The zero-order chi connectivity index (χ0) is 20.1. The Kier molecular flexibility index (Phi) is 6.46. The first-order valence-corrected chi connectivity index (χ1v) is 9.58. The van der Waals surface area contributed by atoms with Gasteiger partial charge in [-0.3, -0.25) is 4.18 Å². The third-order valence-corrected chi connectivity index (χ3v) is 4.10. The van der Waals surface area contributed by atoms with E-state index in [1.807, 2.05) is 6.07 Å². The summed E-state index contributed by atoms with van der Waals surface area (Å²) in [5, 5.41) is 8.95. The highest BCUT2D eigenvalue weighted by Crippen LogP contribution is 2.33. The first kappa shape index (κ1) is 20.7. The molecule has 0 saturated carbocycles. The standard InChI is InChI=1S/C18H16F3NO4S/c1-27(23,24)25-9-8-17(26-16-7-2-4-13(10-16)12-22)14-5-3-6-15(11-14)18(19,20)21/h2-7,10-11,17H,8-9H2,1H3. The van der Waals surface area contributed by atoms with Crippen molar-refractivity contribution in [1.29, 1.82) is 5.26 Å². The number of hydrogen-bond acceptors (Lipinski definition) is 5. The minimum atomic E-state index is -4.52. The lowest BCUT2D eigenvalue weighted by molar-refractivity contribution is -0.137. The molecule has 0 amide bonds. The molecule has 0 bridgehead atoms. The number of halogens is 3. The van der Waals surface area contributed by atoms with Gasteiger partial charge in [0.25, 0.3) is 10.1 Å². The molecule has 2 aromatic carbocycles. The van der Waals surface area contributed by atoms with Crippen LogP contribution >= 0.6 is 0 Å². The summed E-state index contributed by atoms with van der Waals surface area (Å²) in [6.07, 6.45) is -4.55. The minimum Gasteiger partial charge on any atom is -0.486 e. The number of nitrogens with zero attached hydrogens (tertiary/aromatic N) is 1. The van der Waals surface area contributed by atoms with Gasteiger partial charge in [0.2, 0.25) is 0 Å². The molecule has 0 heterocycles. The zero-order valence-corrected chi connectivity index (χ0v) is 15.0. The van der Waals surface area contributed by atoms with Crippen LogP contribution in [0.1, 0.15) is 29.2 Å². The largest absolute Gasteiger partial charge is 0.486 e. The Morgan fingerprint density at radius 1 is 1.15 bits per heavy atom. The average molecular weight is 399 g/mol. The fourth-order valence-electron chi connectivity index (χ4n) is 2.32. The molecule has 0 fully saturated rings. The average Bonchev–Trinajstić information content (AvgIpc) is 2.59. The maximum absolute atomic E-state index is 13.0. The van der Waals surface area contributed by atoms with Gasteiger partial charge in [0, 0.05) is 6.42 Å². The first-order chi connectivity index (χ1) is 12.6. The van der Waals surface area contributed by atoms with Crippen molar-refractivity contribution in [2.24, 2.45) is 0 Å². The Hall–Kier alpha value is -2.57. The highest BCUT2D eigenvalue weighted by atomic mass is 32.2. The van der Waals surface area contributed by atoms with Gasteiger partial charge in [-0.05, 0) is 35.9 Å². The topological polar surface area (TPSA) is 76.4 Å². The van der Waals surface area contributed by atoms with E-state index in [0.29, 0.717) is 5.56 Å². The highest BCUT2D eigenvalue weighted by Gasteiger charge is 2.31. The predicted octanol–water partition coefficient (Wildman–Crippen LogP) is 4.06. The van der Waals surface area contributed by atoms with Crippen molar-refractivity contribution in [3.05, 3.63) is 65.2 Å². The molecule has 0 N–H and O–H groups in total. The molecule has 0 aliphatic carbocycles. The molecule has 9 heteroatoms. The van der Waals surface area contributed by atoms with Crippen molar-refractivity contribution in [3.63, 3.8) is 0 Å². The molecule has 1 unspecified atom stereocenters. The fraction of sp³-hybridized carbons (Fsp3) is 0.278. The van der Waals surface area contributed by atoms with E-state index in [9.17, 15) is 21.6 Å². The SMILES string of the molecule is CS(=O)(=O)OCCC(Oc1cccc(C#N)c1)c1cccc(C(F)(F)F)c1. The number of rotatable bonds is 7. The van der Waals surface area contributed by atoms with Gasteiger partial charge < -0.3 is 4.74 Å². The highest BCUT2D eigenvalue weighted by molar-refractivity contribution is 7.85. The summed E-state index contributed by atoms with van der Waals surface area (Å²) in [5.74, 6) is 0.274. The van der Waals surface area contributed by atoms with Crippen LogP contribution in [0.4, 0.5) is 13.2 Å². The normalized spacial score (nSPS) is 13.0. The molecule has 5 nitrogen and oxygen atoms in total. The monoisotopic (exact) mass is 399 g/mol. The smallest absolute Gasteiger partial charge is 0.416 e. The summed E-state index contributed by atoms with van der Waals surface area (Å²) in [6.45, 7) is -0.266.